The number of Topliss-reactive ketones (excluding diaryl/α,β-unsaturated/α-hetero) is 3. The number of ketones is 3. The van der Waals surface area contributed by atoms with E-state index in [1.807, 2.05) is 84.8 Å². The highest BCUT2D eigenvalue weighted by Gasteiger charge is 2.40. The second kappa shape index (κ2) is 23.7. The van der Waals surface area contributed by atoms with Crippen molar-refractivity contribution >= 4 is 76.2 Å². The smallest absolute Gasteiger partial charge is 0.259 e. The van der Waals surface area contributed by atoms with E-state index in [0.717, 1.165) is 33.7 Å². The highest BCUT2D eigenvalue weighted by molar-refractivity contribution is 6.13. The number of hydrogen-bond donors (Lipinski definition) is 2. The molecule has 0 saturated heterocycles. The number of unbranched alkanes of at least 4 members (excludes halogenated alkanes) is 1. The molecule has 4 heterocycles. The Bertz CT molecular complexity index is 3430. The molecule has 2 N–H and O–H groups in total. The fraction of sp³-hybridized carbons (Fsp3) is 0.328. The van der Waals surface area contributed by atoms with Crippen LogP contribution in [-0.4, -0.2) is 83.7 Å². The summed E-state index contributed by atoms with van der Waals surface area (Å²) in [4.78, 5) is 112. The lowest BCUT2D eigenvalue weighted by atomic mass is 9.86. The molecule has 5 aromatic rings. The number of aryl methyl sites for hydroxylation is 1. The number of hydrogen-bond acceptors (Lipinski definition) is 12. The highest BCUT2D eigenvalue weighted by Crippen LogP contribution is 2.45. The maximum Gasteiger partial charge on any atom is 0.259 e. The van der Waals surface area contributed by atoms with Crippen molar-refractivity contribution in [2.45, 2.75) is 110 Å². The van der Waals surface area contributed by atoms with E-state index in [-0.39, 0.29) is 104 Å². The SMILES string of the molecule is COc1cc2c(cc1OCc1cc(COc3cc4c(cc3C)C(=O)C3c5ccccc5C[C@H]3C=N4)cc(NC(=O)[C@H](C)CC(=O)[C@H](C)NC(=O)CCCCC(=O)CCCN3C(=O)C=CC3=O)c1)C=C[C@@H]1Cc3ccccc3N1C2=O. The van der Waals surface area contributed by atoms with Gasteiger partial charge in [-0.2, -0.15) is 0 Å². The van der Waals surface area contributed by atoms with E-state index < -0.39 is 17.9 Å². The summed E-state index contributed by atoms with van der Waals surface area (Å²) < 4.78 is 18.8. The zero-order chi connectivity index (χ0) is 56.2. The molecule has 1 aliphatic carbocycles. The largest absolute Gasteiger partial charge is 0.493 e. The number of ether oxygens (including phenoxy) is 3. The fourth-order valence-corrected chi connectivity index (χ4v) is 11.3. The van der Waals surface area contributed by atoms with Crippen LogP contribution in [0, 0.1) is 18.8 Å². The summed E-state index contributed by atoms with van der Waals surface area (Å²) in [5.41, 5.74) is 8.98. The Kier molecular flexibility index (Phi) is 16.1. The van der Waals surface area contributed by atoms with Crippen LogP contribution in [0.5, 0.6) is 17.2 Å². The van der Waals surface area contributed by atoms with Crippen LogP contribution in [0.4, 0.5) is 17.1 Å². The van der Waals surface area contributed by atoms with Gasteiger partial charge in [-0.15, -0.1) is 0 Å². The minimum absolute atomic E-state index is 0.0242. The number of methoxy groups -OCH3 is 1. The van der Waals surface area contributed by atoms with E-state index in [1.54, 1.807) is 44.2 Å². The first-order valence-corrected chi connectivity index (χ1v) is 27.3. The van der Waals surface area contributed by atoms with Gasteiger partial charge < -0.3 is 29.7 Å². The van der Waals surface area contributed by atoms with Crippen molar-refractivity contribution in [3.05, 3.63) is 159 Å². The molecule has 16 nitrogen and oxygen atoms in total. The summed E-state index contributed by atoms with van der Waals surface area (Å²) in [7, 11) is 1.52. The quantitative estimate of drug-likeness (QED) is 0.0493. The fourth-order valence-electron chi connectivity index (χ4n) is 11.3. The molecule has 1 unspecified atom stereocenters. The lowest BCUT2D eigenvalue weighted by molar-refractivity contribution is -0.137. The van der Waals surface area contributed by atoms with Crippen molar-refractivity contribution in [1.29, 1.82) is 0 Å². The zero-order valence-electron chi connectivity index (χ0n) is 45.3. The molecule has 0 aromatic heterocycles. The maximum atomic E-state index is 14.1. The van der Waals surface area contributed by atoms with Crippen LogP contribution in [0.25, 0.3) is 6.08 Å². The predicted molar refractivity (Wildman–Crippen MR) is 302 cm³/mol. The monoisotopic (exact) mass is 1080 g/mol. The van der Waals surface area contributed by atoms with Gasteiger partial charge in [0.2, 0.25) is 11.8 Å². The van der Waals surface area contributed by atoms with E-state index in [0.29, 0.717) is 82.1 Å². The number of imide groups is 1. The first-order valence-electron chi connectivity index (χ1n) is 27.3. The van der Waals surface area contributed by atoms with Crippen LogP contribution < -0.4 is 29.7 Å². The molecular weight excluding hydrogens is 1010 g/mol. The van der Waals surface area contributed by atoms with Gasteiger partial charge in [-0.1, -0.05) is 61.5 Å². The first kappa shape index (κ1) is 54.6. The molecular formula is C64H63N5O11. The second-order valence-electron chi connectivity index (χ2n) is 21.3. The van der Waals surface area contributed by atoms with Crippen LogP contribution in [0.3, 0.4) is 0 Å². The molecule has 0 fully saturated rings. The number of benzene rings is 5. The van der Waals surface area contributed by atoms with Gasteiger partial charge in [0.25, 0.3) is 17.7 Å². The van der Waals surface area contributed by atoms with Gasteiger partial charge >= 0.3 is 0 Å². The van der Waals surface area contributed by atoms with Gasteiger partial charge in [-0.3, -0.25) is 48.2 Å². The second-order valence-corrected chi connectivity index (χ2v) is 21.3. The summed E-state index contributed by atoms with van der Waals surface area (Å²) in [6, 6.07) is 27.6. The Morgan fingerprint density at radius 2 is 1.44 bits per heavy atom. The number of para-hydroxylation sites is 1. The van der Waals surface area contributed by atoms with Gasteiger partial charge in [0.15, 0.2) is 23.1 Å². The summed E-state index contributed by atoms with van der Waals surface area (Å²) in [6.45, 7) is 5.37. The minimum Gasteiger partial charge on any atom is -0.493 e. The van der Waals surface area contributed by atoms with Gasteiger partial charge in [0, 0.05) is 85.4 Å². The van der Waals surface area contributed by atoms with Crippen molar-refractivity contribution in [3.8, 4) is 17.2 Å². The highest BCUT2D eigenvalue weighted by atomic mass is 16.5. The van der Waals surface area contributed by atoms with Crippen LogP contribution in [-0.2, 0) is 54.8 Å². The lowest BCUT2D eigenvalue weighted by Gasteiger charge is -2.23. The van der Waals surface area contributed by atoms with E-state index >= 15 is 0 Å². The normalized spacial score (nSPS) is 18.0. The molecule has 410 valence electrons. The third kappa shape index (κ3) is 11.8. The van der Waals surface area contributed by atoms with Gasteiger partial charge in [-0.05, 0) is 127 Å². The third-order valence-corrected chi connectivity index (χ3v) is 15.6. The Labute approximate surface area is 464 Å². The number of anilines is 2. The number of nitrogens with zero attached hydrogens (tertiary/aromatic N) is 3. The molecule has 5 aliphatic rings. The molecule has 10 rings (SSSR count). The van der Waals surface area contributed by atoms with Crippen LogP contribution in [0.2, 0.25) is 0 Å². The average Bonchev–Trinajstić information content (AvgIpc) is 4.18. The molecule has 0 radical (unpaired) electrons. The standard InChI is InChI=1S/C64H63N5O11/c1-37-24-51-52(65-34-45-29-42-12-5-8-16-49(42)61(45)62(51)75)33-55(37)79-35-40-26-41(36-80-57-31-43-19-20-47-30-44-13-6-9-17-53(44)69(47)64(77)50(43)32-56(57)78-4)28-46(27-40)67-63(76)38(2)25-54(71)39(3)66-58(72)18-10-7-14-48(70)15-11-23-68-59(73)21-22-60(68)74/h5-6,8-9,12-13,16-17,19-22,24,26-28,31-34,38-39,45,47,61H,7,10-11,14-15,18,23,25,29-30,35-36H2,1-4H3,(H,66,72)(H,67,76)/t38-,39+,45+,47-,61?/m1/s1. The van der Waals surface area contributed by atoms with Crippen molar-refractivity contribution in [2.24, 2.45) is 16.8 Å². The predicted octanol–water partition coefficient (Wildman–Crippen LogP) is 9.49. The molecule has 0 spiro atoms. The van der Waals surface area contributed by atoms with Crippen LogP contribution >= 0.6 is 0 Å². The maximum absolute atomic E-state index is 14.1. The van der Waals surface area contributed by atoms with Crippen LogP contribution in [0.1, 0.15) is 124 Å². The number of fused-ring (bicyclic) bond motifs is 8. The Hall–Kier alpha value is -8.79. The number of carbonyl (C=O) groups is 8. The molecule has 16 heteroatoms. The molecule has 4 aliphatic heterocycles. The molecule has 5 atom stereocenters. The van der Waals surface area contributed by atoms with Crippen molar-refractivity contribution in [1.82, 2.24) is 10.2 Å². The number of amides is 5. The summed E-state index contributed by atoms with van der Waals surface area (Å²) in [5.74, 6) is -1.81. The average molecular weight is 1080 g/mol. The van der Waals surface area contributed by atoms with Gasteiger partial charge in [0.1, 0.15) is 24.7 Å². The number of carbonyl (C=O) groups excluding carboxylic acids is 8. The Balaban J connectivity index is 0.798. The molecule has 0 saturated carbocycles. The van der Waals surface area contributed by atoms with Crippen molar-refractivity contribution < 1.29 is 52.6 Å². The van der Waals surface area contributed by atoms with Gasteiger partial charge in [-0.25, -0.2) is 0 Å². The lowest BCUT2D eigenvalue weighted by Crippen LogP contribution is -2.39. The van der Waals surface area contributed by atoms with Crippen LogP contribution in [0.15, 0.2) is 114 Å². The van der Waals surface area contributed by atoms with Gasteiger partial charge in [0.05, 0.1) is 36.4 Å². The molecule has 5 aromatic carbocycles. The third-order valence-electron chi connectivity index (χ3n) is 15.6. The number of aliphatic imine (C=N–C) groups is 1. The molecule has 5 amide bonds. The van der Waals surface area contributed by atoms with E-state index in [1.165, 1.54) is 24.8 Å². The Morgan fingerprint density at radius 1 is 0.738 bits per heavy atom. The minimum atomic E-state index is -0.863. The van der Waals surface area contributed by atoms with E-state index in [9.17, 15) is 38.4 Å². The van der Waals surface area contributed by atoms with E-state index in [2.05, 4.69) is 16.7 Å². The Morgan fingerprint density at radius 3 is 2.20 bits per heavy atom. The summed E-state index contributed by atoms with van der Waals surface area (Å²) in [5, 5.41) is 5.71. The zero-order valence-corrected chi connectivity index (χ0v) is 45.3. The number of nitrogens with one attached hydrogen (secondary N) is 2. The summed E-state index contributed by atoms with van der Waals surface area (Å²) >= 11 is 0. The van der Waals surface area contributed by atoms with Crippen molar-refractivity contribution in [3.63, 3.8) is 0 Å². The molecule has 80 heavy (non-hydrogen) atoms. The van der Waals surface area contributed by atoms with E-state index in [4.69, 9.17) is 19.2 Å². The molecule has 0 bridgehead atoms. The van der Waals surface area contributed by atoms with Crippen molar-refractivity contribution in [2.75, 3.05) is 23.9 Å². The summed E-state index contributed by atoms with van der Waals surface area (Å²) in [6.07, 6.45) is 11.4. The first-order chi connectivity index (χ1) is 38.6. The topological polar surface area (TPSA) is 207 Å². The number of rotatable bonds is 22.